The molecule has 11 nitrogen and oxygen atoms in total. The lowest BCUT2D eigenvalue weighted by atomic mass is 10.4. The number of ether oxygens (including phenoxy) is 2. The highest BCUT2D eigenvalue weighted by Crippen LogP contribution is 1.82. The van der Waals surface area contributed by atoms with Crippen LogP contribution in [0.15, 0.2) is 0 Å². The molecule has 0 aliphatic rings. The average Bonchev–Trinajstić information content (AvgIpc) is 2.65. The van der Waals surface area contributed by atoms with E-state index in [1.807, 2.05) is 13.8 Å². The molecule has 0 unspecified atom stereocenters. The zero-order chi connectivity index (χ0) is 23.8. The van der Waals surface area contributed by atoms with Crippen molar-refractivity contribution in [3.8, 4) is 0 Å². The topological polar surface area (TPSA) is 149 Å². The van der Waals surface area contributed by atoms with Gasteiger partial charge in [0.15, 0.2) is 0 Å². The Balaban J connectivity index is -0.000000412. The third-order valence-electron chi connectivity index (χ3n) is 3.12. The lowest BCUT2D eigenvalue weighted by Crippen LogP contribution is -3.05. The zero-order valence-electron chi connectivity index (χ0n) is 19.4. The van der Waals surface area contributed by atoms with Crippen molar-refractivity contribution in [3.63, 3.8) is 0 Å². The standard InChI is InChI=1S/2C9H20N2O2.HO3P/c2*1-4-8-13-9(12)10-6-5-7-11(2)3;1-4(2)3/h2*4-8H2,1-3H3,(H,10,12);(H,1,2,3)/p+1. The number of alkyl carbamates (subject to hydrolysis) is 2. The normalized spacial score (nSPS) is 9.67. The Morgan fingerprint density at radius 2 is 1.10 bits per heavy atom. The first-order valence-corrected chi connectivity index (χ1v) is 11.4. The second-order valence-electron chi connectivity index (χ2n) is 6.97. The molecule has 0 saturated carbocycles. The van der Waals surface area contributed by atoms with Crippen LogP contribution in [0.5, 0.6) is 0 Å². The summed E-state index contributed by atoms with van der Waals surface area (Å²) in [5, 5.41) is 5.40. The minimum atomic E-state index is -3.37. The number of carbonyl (C=O) groups is 2. The largest absolute Gasteiger partial charge is 0.598 e. The second kappa shape index (κ2) is 25.5. The van der Waals surface area contributed by atoms with Crippen molar-refractivity contribution in [1.29, 1.82) is 0 Å². The van der Waals surface area contributed by atoms with E-state index >= 15 is 0 Å². The molecule has 180 valence electrons. The van der Waals surface area contributed by atoms with Gasteiger partial charge in [-0.05, 0) is 12.8 Å². The molecule has 0 heterocycles. The Morgan fingerprint density at radius 1 is 0.800 bits per heavy atom. The van der Waals surface area contributed by atoms with Crippen LogP contribution in [-0.4, -0.2) is 79.8 Å². The molecule has 0 bridgehead atoms. The van der Waals surface area contributed by atoms with E-state index in [0.29, 0.717) is 26.3 Å². The number of carbonyl (C=O) groups excluding carboxylic acids is 2. The number of hydrogen-bond acceptors (Lipinski definition) is 7. The quantitative estimate of drug-likeness (QED) is 0.190. The molecule has 2 amide bonds. The highest BCUT2D eigenvalue weighted by molar-refractivity contribution is 7.27. The molecule has 0 radical (unpaired) electrons. The Bertz CT molecular complexity index is 391. The van der Waals surface area contributed by atoms with Crippen LogP contribution in [-0.2, 0) is 14.0 Å². The van der Waals surface area contributed by atoms with Crippen LogP contribution in [0.25, 0.3) is 0 Å². The monoisotopic (exact) mass is 457 g/mol. The SMILES string of the molecule is CCCOC(=O)NCCC[NH+](C)C.CCCOC(=O)NCCC[NH+](C)C.O=[P+]([O-])[O-]. The third kappa shape index (κ3) is 41.0. The van der Waals surface area contributed by atoms with Crippen LogP contribution in [0.1, 0.15) is 39.5 Å². The van der Waals surface area contributed by atoms with Gasteiger partial charge in [-0.25, -0.2) is 9.59 Å². The average molecular weight is 458 g/mol. The summed E-state index contributed by atoms with van der Waals surface area (Å²) < 4.78 is 18.2. The Kier molecular flexibility index (Phi) is 28.2. The summed E-state index contributed by atoms with van der Waals surface area (Å²) in [6.45, 7) is 8.49. The van der Waals surface area contributed by atoms with Crippen LogP contribution in [0.4, 0.5) is 9.59 Å². The Hall–Kier alpha value is -1.52. The minimum absolute atomic E-state index is 0.296. The molecule has 0 saturated heterocycles. The first-order chi connectivity index (χ1) is 14.1. The number of rotatable bonds is 12. The van der Waals surface area contributed by atoms with E-state index in [4.69, 9.17) is 23.8 Å². The highest BCUT2D eigenvalue weighted by atomic mass is 31.1. The number of nitrogens with one attached hydrogen (secondary N) is 4. The van der Waals surface area contributed by atoms with Crippen molar-refractivity contribution in [2.45, 2.75) is 39.5 Å². The first-order valence-electron chi connectivity index (χ1n) is 10.3. The van der Waals surface area contributed by atoms with Gasteiger partial charge < -0.3 is 39.7 Å². The van der Waals surface area contributed by atoms with E-state index in [9.17, 15) is 9.59 Å². The molecule has 0 spiro atoms. The Morgan fingerprint density at radius 3 is 1.33 bits per heavy atom. The summed E-state index contributed by atoms with van der Waals surface area (Å²) in [5.41, 5.74) is 0. The highest BCUT2D eigenvalue weighted by Gasteiger charge is 2.01. The van der Waals surface area contributed by atoms with E-state index in [1.165, 1.54) is 9.80 Å². The fourth-order valence-corrected chi connectivity index (χ4v) is 1.76. The van der Waals surface area contributed by atoms with Crippen molar-refractivity contribution in [2.75, 3.05) is 67.6 Å². The maximum absolute atomic E-state index is 10.9. The maximum Gasteiger partial charge on any atom is 0.407 e. The van der Waals surface area contributed by atoms with Crippen LogP contribution < -0.4 is 30.2 Å². The summed E-state index contributed by atoms with van der Waals surface area (Å²) in [7, 11) is 5.00. The van der Waals surface area contributed by atoms with Gasteiger partial charge in [-0.15, -0.1) is 0 Å². The van der Waals surface area contributed by atoms with E-state index in [0.717, 1.165) is 38.8 Å². The van der Waals surface area contributed by atoms with Gasteiger partial charge in [-0.3, -0.25) is 0 Å². The molecule has 30 heavy (non-hydrogen) atoms. The Labute approximate surface area is 182 Å². The molecule has 12 heteroatoms. The summed E-state index contributed by atoms with van der Waals surface area (Å²) in [6, 6.07) is 0. The molecule has 0 aromatic carbocycles. The van der Waals surface area contributed by atoms with Crippen molar-refractivity contribution in [1.82, 2.24) is 10.6 Å². The molecule has 0 aliphatic heterocycles. The molecule has 0 aliphatic carbocycles. The smallest absolute Gasteiger partial charge is 0.407 e. The maximum atomic E-state index is 10.9. The van der Waals surface area contributed by atoms with Crippen molar-refractivity contribution < 1.29 is 43.2 Å². The van der Waals surface area contributed by atoms with Gasteiger partial charge in [-0.2, -0.15) is 0 Å². The van der Waals surface area contributed by atoms with Gasteiger partial charge in [0.25, 0.3) is 8.25 Å². The summed E-state index contributed by atoms with van der Waals surface area (Å²) in [4.78, 5) is 41.6. The van der Waals surface area contributed by atoms with Crippen LogP contribution in [0, 0.1) is 0 Å². The summed E-state index contributed by atoms with van der Waals surface area (Å²) in [6.07, 6.45) is 3.13. The van der Waals surface area contributed by atoms with Crippen molar-refractivity contribution in [2.24, 2.45) is 0 Å². The van der Waals surface area contributed by atoms with Gasteiger partial charge in [-0.1, -0.05) is 18.4 Å². The van der Waals surface area contributed by atoms with Crippen LogP contribution >= 0.6 is 8.25 Å². The molecule has 0 aromatic heterocycles. The van der Waals surface area contributed by atoms with Crippen LogP contribution in [0.3, 0.4) is 0 Å². The molecular weight excluding hydrogens is 415 g/mol. The zero-order valence-corrected chi connectivity index (χ0v) is 20.3. The van der Waals surface area contributed by atoms with Crippen molar-refractivity contribution >= 4 is 20.4 Å². The van der Waals surface area contributed by atoms with Gasteiger partial charge in [0.05, 0.1) is 54.5 Å². The van der Waals surface area contributed by atoms with E-state index in [-0.39, 0.29) is 12.2 Å². The van der Waals surface area contributed by atoms with Gasteiger partial charge in [0.2, 0.25) is 0 Å². The second-order valence-corrected chi connectivity index (χ2v) is 7.42. The van der Waals surface area contributed by atoms with E-state index < -0.39 is 8.25 Å². The molecular formula is C18H42N4O7P+. The van der Waals surface area contributed by atoms with Gasteiger partial charge in [0.1, 0.15) is 0 Å². The predicted molar refractivity (Wildman–Crippen MR) is 111 cm³/mol. The predicted octanol–water partition coefficient (Wildman–Crippen LogP) is -2.32. The molecule has 0 atom stereocenters. The summed E-state index contributed by atoms with van der Waals surface area (Å²) >= 11 is 0. The fourth-order valence-electron chi connectivity index (χ4n) is 1.76. The fraction of sp³-hybridized carbons (Fsp3) is 0.889. The summed E-state index contributed by atoms with van der Waals surface area (Å²) in [5.74, 6) is 0. The number of hydrogen-bond donors (Lipinski definition) is 4. The van der Waals surface area contributed by atoms with Gasteiger partial charge in [0, 0.05) is 25.9 Å². The number of quaternary nitrogens is 2. The van der Waals surface area contributed by atoms with E-state index in [1.54, 1.807) is 0 Å². The molecule has 4 N–H and O–H groups in total. The van der Waals surface area contributed by atoms with Crippen LogP contribution in [0.2, 0.25) is 0 Å². The lowest BCUT2D eigenvalue weighted by Gasteiger charge is -2.08. The van der Waals surface area contributed by atoms with Gasteiger partial charge >= 0.3 is 12.2 Å². The minimum Gasteiger partial charge on any atom is -0.598 e. The number of amides is 2. The lowest BCUT2D eigenvalue weighted by molar-refractivity contribution is -0.858. The van der Waals surface area contributed by atoms with E-state index in [2.05, 4.69) is 38.8 Å². The molecule has 0 rings (SSSR count). The first kappa shape index (κ1) is 33.1. The molecule has 0 fully saturated rings. The third-order valence-corrected chi connectivity index (χ3v) is 3.12. The van der Waals surface area contributed by atoms with Crippen molar-refractivity contribution in [3.05, 3.63) is 0 Å². The molecule has 0 aromatic rings.